The standard InChI is InChI=1S/C22H22N4O2/c27-22(26-11-10-15-12-16(26)14-23-15)20-13-19(24-25-20)18-8-4-5-9-21(18)28-17-6-2-1-3-7-17/h1-9,13,15-16,23H,10-12,14H2,(H,24,25)/t15-,16+/m0/s1. The highest BCUT2D eigenvalue weighted by atomic mass is 16.5. The molecule has 0 spiro atoms. The number of hydrogen-bond donors (Lipinski definition) is 2. The summed E-state index contributed by atoms with van der Waals surface area (Å²) >= 11 is 0. The molecule has 0 unspecified atom stereocenters. The fourth-order valence-corrected chi connectivity index (χ4v) is 4.11. The van der Waals surface area contributed by atoms with E-state index in [1.807, 2.05) is 65.6 Å². The van der Waals surface area contributed by atoms with Gasteiger partial charge in [0.05, 0.1) is 5.69 Å². The van der Waals surface area contributed by atoms with E-state index in [1.54, 1.807) is 0 Å². The van der Waals surface area contributed by atoms with Crippen LogP contribution in [0.25, 0.3) is 11.3 Å². The van der Waals surface area contributed by atoms with Gasteiger partial charge in [-0.05, 0) is 43.2 Å². The van der Waals surface area contributed by atoms with Gasteiger partial charge in [-0.2, -0.15) is 5.10 Å². The summed E-state index contributed by atoms with van der Waals surface area (Å²) in [5.74, 6) is 1.49. The highest BCUT2D eigenvalue weighted by molar-refractivity contribution is 5.94. The number of likely N-dealkylation sites (tertiary alicyclic amines) is 1. The second-order valence-corrected chi connectivity index (χ2v) is 7.36. The van der Waals surface area contributed by atoms with Crippen LogP contribution in [-0.4, -0.2) is 46.2 Å². The maximum Gasteiger partial charge on any atom is 0.272 e. The lowest BCUT2D eigenvalue weighted by Gasteiger charge is -2.32. The van der Waals surface area contributed by atoms with Gasteiger partial charge in [0.2, 0.25) is 0 Å². The Labute approximate surface area is 163 Å². The largest absolute Gasteiger partial charge is 0.457 e. The SMILES string of the molecule is O=C(c1cc(-c2ccccc2Oc2ccccc2)n[nH]1)N1CC[C@H]2C[C@@H]1CN2. The zero-order valence-corrected chi connectivity index (χ0v) is 15.5. The van der Waals surface area contributed by atoms with Crippen molar-refractivity contribution in [2.24, 2.45) is 0 Å². The molecular formula is C22H22N4O2. The van der Waals surface area contributed by atoms with Crippen molar-refractivity contribution in [3.8, 4) is 22.8 Å². The second kappa shape index (κ2) is 7.13. The van der Waals surface area contributed by atoms with E-state index < -0.39 is 0 Å². The highest BCUT2D eigenvalue weighted by Crippen LogP contribution is 2.33. The number of hydrogen-bond acceptors (Lipinski definition) is 4. The Kier molecular flexibility index (Phi) is 4.33. The predicted octanol–water partition coefficient (Wildman–Crippen LogP) is 3.45. The Bertz CT molecular complexity index is 985. The Morgan fingerprint density at radius 3 is 2.82 bits per heavy atom. The molecular weight excluding hydrogens is 352 g/mol. The molecule has 2 N–H and O–H groups in total. The summed E-state index contributed by atoms with van der Waals surface area (Å²) in [7, 11) is 0. The van der Waals surface area contributed by atoms with E-state index in [0.717, 1.165) is 37.2 Å². The third kappa shape index (κ3) is 3.16. The number of nitrogens with one attached hydrogen (secondary N) is 2. The Morgan fingerprint density at radius 1 is 1.11 bits per heavy atom. The first-order chi connectivity index (χ1) is 13.8. The molecule has 2 aliphatic rings. The molecule has 2 aromatic carbocycles. The van der Waals surface area contributed by atoms with Crippen molar-refractivity contribution >= 4 is 5.91 Å². The van der Waals surface area contributed by atoms with Crippen LogP contribution in [0.2, 0.25) is 0 Å². The van der Waals surface area contributed by atoms with Crippen LogP contribution in [0.15, 0.2) is 60.7 Å². The number of fused-ring (bicyclic) bond motifs is 2. The first-order valence-corrected chi connectivity index (χ1v) is 9.70. The number of aromatic nitrogens is 2. The minimum Gasteiger partial charge on any atom is -0.457 e. The van der Waals surface area contributed by atoms with Crippen LogP contribution in [0.4, 0.5) is 0 Å². The second-order valence-electron chi connectivity index (χ2n) is 7.36. The van der Waals surface area contributed by atoms with E-state index in [4.69, 9.17) is 4.74 Å². The van der Waals surface area contributed by atoms with E-state index in [9.17, 15) is 4.79 Å². The molecule has 2 saturated heterocycles. The fraction of sp³-hybridized carbons (Fsp3) is 0.273. The number of carbonyl (C=O) groups excluding carboxylic acids is 1. The molecule has 2 bridgehead atoms. The number of carbonyl (C=O) groups is 1. The number of nitrogens with zero attached hydrogens (tertiary/aromatic N) is 2. The molecule has 1 amide bonds. The zero-order valence-electron chi connectivity index (χ0n) is 15.5. The smallest absolute Gasteiger partial charge is 0.272 e. The van der Waals surface area contributed by atoms with Gasteiger partial charge in [0.1, 0.15) is 17.2 Å². The van der Waals surface area contributed by atoms with Crippen LogP contribution in [0.5, 0.6) is 11.5 Å². The minimum atomic E-state index is 0.0207. The number of ether oxygens (including phenoxy) is 1. The van der Waals surface area contributed by atoms with Gasteiger partial charge in [-0.15, -0.1) is 0 Å². The van der Waals surface area contributed by atoms with Crippen molar-refractivity contribution in [3.05, 3.63) is 66.4 Å². The van der Waals surface area contributed by atoms with Crippen molar-refractivity contribution in [3.63, 3.8) is 0 Å². The first-order valence-electron chi connectivity index (χ1n) is 9.70. The lowest BCUT2D eigenvalue weighted by Crippen LogP contribution is -2.44. The van der Waals surface area contributed by atoms with Crippen LogP contribution >= 0.6 is 0 Å². The Morgan fingerprint density at radius 2 is 1.93 bits per heavy atom. The molecule has 142 valence electrons. The molecule has 6 heteroatoms. The van der Waals surface area contributed by atoms with E-state index in [1.165, 1.54) is 0 Å². The molecule has 0 aliphatic carbocycles. The van der Waals surface area contributed by atoms with Crippen molar-refractivity contribution in [1.82, 2.24) is 20.4 Å². The maximum absolute atomic E-state index is 13.0. The number of aromatic amines is 1. The Hall–Kier alpha value is -3.12. The van der Waals surface area contributed by atoms with Crippen LogP contribution < -0.4 is 10.1 Å². The number of rotatable bonds is 4. The lowest BCUT2D eigenvalue weighted by molar-refractivity contribution is 0.0652. The van der Waals surface area contributed by atoms with Crippen molar-refractivity contribution in [2.45, 2.75) is 24.9 Å². The van der Waals surface area contributed by atoms with Gasteiger partial charge >= 0.3 is 0 Å². The van der Waals surface area contributed by atoms with Gasteiger partial charge in [-0.3, -0.25) is 9.89 Å². The van der Waals surface area contributed by atoms with Gasteiger partial charge in [0.15, 0.2) is 0 Å². The van der Waals surface area contributed by atoms with Crippen LogP contribution in [-0.2, 0) is 0 Å². The summed E-state index contributed by atoms with van der Waals surface area (Å²) in [4.78, 5) is 15.0. The monoisotopic (exact) mass is 374 g/mol. The normalized spacial score (nSPS) is 20.9. The van der Waals surface area contributed by atoms with E-state index in [2.05, 4.69) is 15.5 Å². The molecule has 2 fully saturated rings. The summed E-state index contributed by atoms with van der Waals surface area (Å²) in [6, 6.07) is 20.1. The zero-order chi connectivity index (χ0) is 18.9. The molecule has 0 radical (unpaired) electrons. The molecule has 28 heavy (non-hydrogen) atoms. The summed E-state index contributed by atoms with van der Waals surface area (Å²) < 4.78 is 6.03. The van der Waals surface area contributed by atoms with Gasteiger partial charge in [0, 0.05) is 30.7 Å². The molecule has 5 rings (SSSR count). The number of H-pyrrole nitrogens is 1. The summed E-state index contributed by atoms with van der Waals surface area (Å²) in [6.45, 7) is 1.67. The molecule has 6 nitrogen and oxygen atoms in total. The van der Waals surface area contributed by atoms with E-state index in [0.29, 0.717) is 23.2 Å². The van der Waals surface area contributed by atoms with Gasteiger partial charge in [0.25, 0.3) is 5.91 Å². The van der Waals surface area contributed by atoms with E-state index in [-0.39, 0.29) is 11.9 Å². The van der Waals surface area contributed by atoms with Gasteiger partial charge in [-0.25, -0.2) is 0 Å². The minimum absolute atomic E-state index is 0.0207. The predicted molar refractivity (Wildman–Crippen MR) is 106 cm³/mol. The van der Waals surface area contributed by atoms with Crippen molar-refractivity contribution < 1.29 is 9.53 Å². The quantitative estimate of drug-likeness (QED) is 0.734. The van der Waals surface area contributed by atoms with Gasteiger partial charge < -0.3 is 15.0 Å². The van der Waals surface area contributed by atoms with Gasteiger partial charge in [-0.1, -0.05) is 30.3 Å². The van der Waals surface area contributed by atoms with Crippen LogP contribution in [0, 0.1) is 0 Å². The number of benzene rings is 2. The lowest BCUT2D eigenvalue weighted by atomic mass is 10.0. The number of amides is 1. The topological polar surface area (TPSA) is 70.2 Å². The van der Waals surface area contributed by atoms with Crippen LogP contribution in [0.3, 0.4) is 0 Å². The Balaban J connectivity index is 1.40. The third-order valence-electron chi connectivity index (χ3n) is 5.56. The highest BCUT2D eigenvalue weighted by Gasteiger charge is 2.37. The molecule has 2 atom stereocenters. The maximum atomic E-state index is 13.0. The number of para-hydroxylation sites is 2. The summed E-state index contributed by atoms with van der Waals surface area (Å²) in [5.41, 5.74) is 2.08. The molecule has 3 heterocycles. The molecule has 3 aromatic rings. The summed E-state index contributed by atoms with van der Waals surface area (Å²) in [5, 5.41) is 10.8. The average Bonchev–Trinajstić information content (AvgIpc) is 3.36. The number of piperidine rings is 1. The van der Waals surface area contributed by atoms with Crippen molar-refractivity contribution in [2.75, 3.05) is 13.1 Å². The van der Waals surface area contributed by atoms with E-state index >= 15 is 0 Å². The molecule has 1 aromatic heterocycles. The first kappa shape index (κ1) is 17.0. The third-order valence-corrected chi connectivity index (χ3v) is 5.56. The average molecular weight is 374 g/mol. The van der Waals surface area contributed by atoms with Crippen LogP contribution in [0.1, 0.15) is 23.3 Å². The van der Waals surface area contributed by atoms with Crippen molar-refractivity contribution in [1.29, 1.82) is 0 Å². The summed E-state index contributed by atoms with van der Waals surface area (Å²) in [6.07, 6.45) is 2.05. The molecule has 2 aliphatic heterocycles. The fourth-order valence-electron chi connectivity index (χ4n) is 4.11. The molecule has 0 saturated carbocycles.